The molecule has 0 spiro atoms. The fourth-order valence-corrected chi connectivity index (χ4v) is 3.50. The van der Waals surface area contributed by atoms with E-state index in [2.05, 4.69) is 16.0 Å². The number of hydrogen-bond donors (Lipinski definition) is 3. The molecule has 0 saturated carbocycles. The summed E-state index contributed by atoms with van der Waals surface area (Å²) in [4.78, 5) is 24.8. The fraction of sp³-hybridized carbons (Fsp3) is 0.200. The summed E-state index contributed by atoms with van der Waals surface area (Å²) in [5, 5.41) is 9.05. The molecule has 1 heterocycles. The minimum atomic E-state index is -0.265. The van der Waals surface area contributed by atoms with Crippen molar-refractivity contribution in [2.75, 3.05) is 42.8 Å². The van der Waals surface area contributed by atoms with Crippen molar-refractivity contribution >= 4 is 40.5 Å². The van der Waals surface area contributed by atoms with Gasteiger partial charge in [0.15, 0.2) is 11.5 Å². The third-order valence-corrected chi connectivity index (χ3v) is 5.37. The summed E-state index contributed by atoms with van der Waals surface area (Å²) in [5.74, 6) is 1.37. The first kappa shape index (κ1) is 23.3. The number of carbonyl (C=O) groups is 2. The van der Waals surface area contributed by atoms with E-state index in [1.54, 1.807) is 67.8 Å². The monoisotopic (exact) mass is 481 g/mol. The van der Waals surface area contributed by atoms with Crippen LogP contribution in [-0.4, -0.2) is 38.7 Å². The number of amides is 2. The van der Waals surface area contributed by atoms with E-state index in [-0.39, 0.29) is 18.4 Å². The van der Waals surface area contributed by atoms with Gasteiger partial charge < -0.3 is 30.2 Å². The van der Waals surface area contributed by atoms with Gasteiger partial charge in [-0.2, -0.15) is 0 Å². The van der Waals surface area contributed by atoms with Gasteiger partial charge in [0.1, 0.15) is 5.75 Å². The average molecular weight is 482 g/mol. The van der Waals surface area contributed by atoms with Gasteiger partial charge in [0.05, 0.1) is 37.6 Å². The van der Waals surface area contributed by atoms with Crippen molar-refractivity contribution in [2.45, 2.75) is 6.42 Å². The van der Waals surface area contributed by atoms with Crippen molar-refractivity contribution in [3.8, 4) is 17.2 Å². The molecule has 0 bridgehead atoms. The van der Waals surface area contributed by atoms with Gasteiger partial charge in [-0.1, -0.05) is 11.6 Å². The van der Waals surface area contributed by atoms with Gasteiger partial charge in [-0.15, -0.1) is 0 Å². The zero-order valence-electron chi connectivity index (χ0n) is 18.5. The average Bonchev–Trinajstić information content (AvgIpc) is 3.08. The Kier molecular flexibility index (Phi) is 7.39. The van der Waals surface area contributed by atoms with Crippen LogP contribution in [0.25, 0.3) is 0 Å². The third kappa shape index (κ3) is 5.90. The number of fused-ring (bicyclic) bond motifs is 1. The van der Waals surface area contributed by atoms with Crippen LogP contribution in [0.15, 0.2) is 60.7 Å². The molecule has 3 N–H and O–H groups in total. The van der Waals surface area contributed by atoms with Crippen molar-refractivity contribution in [2.24, 2.45) is 0 Å². The van der Waals surface area contributed by atoms with Crippen molar-refractivity contribution in [3.05, 3.63) is 71.2 Å². The predicted molar refractivity (Wildman–Crippen MR) is 132 cm³/mol. The lowest BCUT2D eigenvalue weighted by Crippen LogP contribution is -2.22. The fourth-order valence-electron chi connectivity index (χ4n) is 3.28. The zero-order valence-corrected chi connectivity index (χ0v) is 19.3. The summed E-state index contributed by atoms with van der Waals surface area (Å²) < 4.78 is 16.4. The van der Waals surface area contributed by atoms with Gasteiger partial charge in [-0.25, -0.2) is 0 Å². The van der Waals surface area contributed by atoms with Crippen LogP contribution in [0.1, 0.15) is 16.8 Å². The molecule has 2 amide bonds. The van der Waals surface area contributed by atoms with E-state index in [1.165, 1.54) is 0 Å². The first-order chi connectivity index (χ1) is 16.5. The van der Waals surface area contributed by atoms with E-state index < -0.39 is 0 Å². The Morgan fingerprint density at radius 3 is 2.21 bits per heavy atom. The van der Waals surface area contributed by atoms with Crippen molar-refractivity contribution in [3.63, 3.8) is 0 Å². The molecule has 1 aliphatic rings. The summed E-state index contributed by atoms with van der Waals surface area (Å²) >= 11 is 6.30. The standard InChI is InChI=1S/C25H24ClN3O5/c1-32-19-9-7-18(8-10-19)29-25(31)16-3-5-17(6-4-16)28-24(30)15-27-21-14-23-22(13-20(21)26)33-11-2-12-34-23/h3-10,13-14,27H,2,11-12,15H2,1H3,(H,28,30)(H,29,31). The highest BCUT2D eigenvalue weighted by molar-refractivity contribution is 6.33. The lowest BCUT2D eigenvalue weighted by atomic mass is 10.2. The number of rotatable bonds is 7. The minimum absolute atomic E-state index is 0.000922. The van der Waals surface area contributed by atoms with Crippen molar-refractivity contribution in [1.82, 2.24) is 0 Å². The van der Waals surface area contributed by atoms with Crippen molar-refractivity contribution in [1.29, 1.82) is 0 Å². The van der Waals surface area contributed by atoms with E-state index >= 15 is 0 Å². The molecule has 0 unspecified atom stereocenters. The molecule has 3 aromatic rings. The molecule has 0 radical (unpaired) electrons. The number of carbonyl (C=O) groups excluding carboxylic acids is 2. The molecule has 0 aromatic heterocycles. The van der Waals surface area contributed by atoms with Crippen LogP contribution in [0.5, 0.6) is 17.2 Å². The zero-order chi connectivity index (χ0) is 23.9. The number of nitrogens with one attached hydrogen (secondary N) is 3. The Bertz CT molecular complexity index is 1170. The molecular formula is C25H24ClN3O5. The summed E-state index contributed by atoms with van der Waals surface area (Å²) in [6, 6.07) is 17.1. The van der Waals surface area contributed by atoms with Gasteiger partial charge in [0.25, 0.3) is 5.91 Å². The van der Waals surface area contributed by atoms with Gasteiger partial charge in [0, 0.05) is 35.5 Å². The van der Waals surface area contributed by atoms with E-state index in [9.17, 15) is 9.59 Å². The first-order valence-corrected chi connectivity index (χ1v) is 11.1. The highest BCUT2D eigenvalue weighted by Crippen LogP contribution is 2.37. The Labute approximate surface area is 202 Å². The summed E-state index contributed by atoms with van der Waals surface area (Å²) in [7, 11) is 1.58. The van der Waals surface area contributed by atoms with Crippen molar-refractivity contribution < 1.29 is 23.8 Å². The van der Waals surface area contributed by atoms with E-state index in [0.29, 0.717) is 58.1 Å². The Morgan fingerprint density at radius 2 is 1.53 bits per heavy atom. The Balaban J connectivity index is 1.30. The summed E-state index contributed by atoms with van der Waals surface area (Å²) in [6.07, 6.45) is 0.791. The summed E-state index contributed by atoms with van der Waals surface area (Å²) in [5.41, 5.74) is 2.26. The second kappa shape index (κ2) is 10.8. The maximum absolute atomic E-state index is 12.4. The SMILES string of the molecule is COc1ccc(NC(=O)c2ccc(NC(=O)CNc3cc4c(cc3Cl)OCCCO4)cc2)cc1. The van der Waals surface area contributed by atoms with E-state index in [0.717, 1.165) is 6.42 Å². The molecular weight excluding hydrogens is 458 g/mol. The second-order valence-corrected chi connectivity index (χ2v) is 7.90. The smallest absolute Gasteiger partial charge is 0.255 e. The van der Waals surface area contributed by atoms with Crippen LogP contribution in [-0.2, 0) is 4.79 Å². The normalized spacial score (nSPS) is 12.3. The highest BCUT2D eigenvalue weighted by Gasteiger charge is 2.15. The van der Waals surface area contributed by atoms with Crippen LogP contribution in [0.3, 0.4) is 0 Å². The number of halogens is 1. The Morgan fingerprint density at radius 1 is 0.912 bits per heavy atom. The largest absolute Gasteiger partial charge is 0.497 e. The molecule has 34 heavy (non-hydrogen) atoms. The molecule has 0 fully saturated rings. The van der Waals surface area contributed by atoms with Crippen LogP contribution < -0.4 is 30.2 Å². The van der Waals surface area contributed by atoms with Gasteiger partial charge in [-0.05, 0) is 48.5 Å². The topological polar surface area (TPSA) is 97.9 Å². The minimum Gasteiger partial charge on any atom is -0.497 e. The van der Waals surface area contributed by atoms with Crippen LogP contribution in [0, 0.1) is 0 Å². The van der Waals surface area contributed by atoms with Gasteiger partial charge in [-0.3, -0.25) is 9.59 Å². The quantitative estimate of drug-likeness (QED) is 0.448. The summed E-state index contributed by atoms with van der Waals surface area (Å²) in [6.45, 7) is 1.13. The molecule has 9 heteroatoms. The lowest BCUT2D eigenvalue weighted by Gasteiger charge is -2.13. The number of anilines is 3. The number of benzene rings is 3. The molecule has 4 rings (SSSR count). The van der Waals surface area contributed by atoms with Gasteiger partial charge >= 0.3 is 0 Å². The maximum Gasteiger partial charge on any atom is 0.255 e. The molecule has 0 saturated heterocycles. The number of methoxy groups -OCH3 is 1. The lowest BCUT2D eigenvalue weighted by molar-refractivity contribution is -0.114. The van der Waals surface area contributed by atoms with E-state index in [4.69, 9.17) is 25.8 Å². The Hall–Kier alpha value is -3.91. The molecule has 3 aromatic carbocycles. The third-order valence-electron chi connectivity index (χ3n) is 5.06. The highest BCUT2D eigenvalue weighted by atomic mass is 35.5. The van der Waals surface area contributed by atoms with E-state index in [1.807, 2.05) is 0 Å². The number of hydrogen-bond acceptors (Lipinski definition) is 6. The predicted octanol–water partition coefficient (Wildman–Crippen LogP) is 4.81. The molecule has 8 nitrogen and oxygen atoms in total. The second-order valence-electron chi connectivity index (χ2n) is 7.49. The molecule has 0 aliphatic carbocycles. The van der Waals surface area contributed by atoms with Crippen LogP contribution >= 0.6 is 11.6 Å². The molecule has 0 atom stereocenters. The maximum atomic E-state index is 12.4. The van der Waals surface area contributed by atoms with Gasteiger partial charge in [0.2, 0.25) is 5.91 Å². The van der Waals surface area contributed by atoms with Crippen LogP contribution in [0.2, 0.25) is 5.02 Å². The molecule has 1 aliphatic heterocycles. The molecule has 176 valence electrons. The first-order valence-electron chi connectivity index (χ1n) is 10.7. The van der Waals surface area contributed by atoms with Crippen LogP contribution in [0.4, 0.5) is 17.1 Å². The number of ether oxygens (including phenoxy) is 3.